The lowest BCUT2D eigenvalue weighted by Gasteiger charge is -2.31. The Morgan fingerprint density at radius 3 is 2.26 bits per heavy atom. The van der Waals surface area contributed by atoms with Gasteiger partial charge in [0.05, 0.1) is 12.2 Å². The predicted octanol–water partition coefficient (Wildman–Crippen LogP) is 3.39. The molecule has 3 atom stereocenters. The summed E-state index contributed by atoms with van der Waals surface area (Å²) in [5.74, 6) is 1.65. The zero-order chi connectivity index (χ0) is 14.6. The SMILES string of the molecule is CC(C)CCCC(C)N1C(=O)C(C)NC1CC(C)C. The third kappa shape index (κ3) is 4.79. The first-order chi connectivity index (χ1) is 8.82. The molecule has 19 heavy (non-hydrogen) atoms. The second kappa shape index (κ2) is 7.28. The number of rotatable bonds is 7. The number of hydrogen-bond acceptors (Lipinski definition) is 2. The van der Waals surface area contributed by atoms with Gasteiger partial charge in [0.15, 0.2) is 0 Å². The molecule has 0 aromatic heterocycles. The molecule has 0 aromatic carbocycles. The van der Waals surface area contributed by atoms with Crippen LogP contribution >= 0.6 is 0 Å². The summed E-state index contributed by atoms with van der Waals surface area (Å²) in [4.78, 5) is 14.4. The number of nitrogens with one attached hydrogen (secondary N) is 1. The highest BCUT2D eigenvalue weighted by atomic mass is 16.2. The second-order valence-electron chi connectivity index (χ2n) is 6.95. The Hall–Kier alpha value is -0.570. The molecule has 1 aliphatic rings. The van der Waals surface area contributed by atoms with Crippen molar-refractivity contribution in [3.63, 3.8) is 0 Å². The monoisotopic (exact) mass is 268 g/mol. The smallest absolute Gasteiger partial charge is 0.240 e. The standard InChI is InChI=1S/C16H32N2O/c1-11(2)8-7-9-13(5)18-15(10-12(3)4)17-14(6)16(18)19/h11-15,17H,7-10H2,1-6H3. The van der Waals surface area contributed by atoms with Crippen LogP contribution in [0.4, 0.5) is 0 Å². The summed E-state index contributed by atoms with van der Waals surface area (Å²) >= 11 is 0. The average Bonchev–Trinajstić information content (AvgIpc) is 2.52. The highest BCUT2D eigenvalue weighted by Gasteiger charge is 2.38. The number of amides is 1. The van der Waals surface area contributed by atoms with E-state index in [-0.39, 0.29) is 18.1 Å². The van der Waals surface area contributed by atoms with Crippen molar-refractivity contribution in [3.05, 3.63) is 0 Å². The van der Waals surface area contributed by atoms with Gasteiger partial charge in [-0.25, -0.2) is 0 Å². The molecule has 0 radical (unpaired) electrons. The molecule has 1 N–H and O–H groups in total. The van der Waals surface area contributed by atoms with Gasteiger partial charge in [-0.1, -0.05) is 40.5 Å². The lowest BCUT2D eigenvalue weighted by molar-refractivity contribution is -0.132. The van der Waals surface area contributed by atoms with Gasteiger partial charge in [0.2, 0.25) is 5.91 Å². The Morgan fingerprint density at radius 1 is 1.11 bits per heavy atom. The summed E-state index contributed by atoms with van der Waals surface area (Å²) in [6, 6.07) is 0.337. The normalized spacial score (nSPS) is 25.7. The molecule has 0 bridgehead atoms. The zero-order valence-electron chi connectivity index (χ0n) is 13.6. The summed E-state index contributed by atoms with van der Waals surface area (Å²) in [5.41, 5.74) is 0. The summed E-state index contributed by atoms with van der Waals surface area (Å²) in [6.45, 7) is 13.1. The first kappa shape index (κ1) is 16.5. The van der Waals surface area contributed by atoms with Crippen LogP contribution in [0.25, 0.3) is 0 Å². The van der Waals surface area contributed by atoms with Crippen molar-refractivity contribution in [2.45, 2.75) is 85.5 Å². The molecule has 1 saturated heterocycles. The van der Waals surface area contributed by atoms with E-state index in [1.807, 2.05) is 6.92 Å². The highest BCUT2D eigenvalue weighted by Crippen LogP contribution is 2.23. The van der Waals surface area contributed by atoms with E-state index in [2.05, 4.69) is 44.8 Å². The van der Waals surface area contributed by atoms with E-state index in [0.717, 1.165) is 18.8 Å². The van der Waals surface area contributed by atoms with E-state index in [0.29, 0.717) is 12.0 Å². The summed E-state index contributed by atoms with van der Waals surface area (Å²) in [5, 5.41) is 3.44. The summed E-state index contributed by atoms with van der Waals surface area (Å²) < 4.78 is 0. The molecule has 3 unspecified atom stereocenters. The van der Waals surface area contributed by atoms with Gasteiger partial charge in [-0.2, -0.15) is 0 Å². The van der Waals surface area contributed by atoms with Crippen molar-refractivity contribution in [1.82, 2.24) is 10.2 Å². The molecule has 0 spiro atoms. The van der Waals surface area contributed by atoms with Crippen LogP contribution in [0.3, 0.4) is 0 Å². The fraction of sp³-hybridized carbons (Fsp3) is 0.938. The molecular formula is C16H32N2O. The maximum Gasteiger partial charge on any atom is 0.240 e. The molecule has 1 amide bonds. The Bertz CT molecular complexity index is 288. The second-order valence-corrected chi connectivity index (χ2v) is 6.95. The van der Waals surface area contributed by atoms with E-state index in [9.17, 15) is 4.79 Å². The van der Waals surface area contributed by atoms with E-state index < -0.39 is 0 Å². The quantitative estimate of drug-likeness (QED) is 0.767. The Morgan fingerprint density at radius 2 is 1.74 bits per heavy atom. The molecule has 1 aliphatic heterocycles. The van der Waals surface area contributed by atoms with Gasteiger partial charge in [-0.3, -0.25) is 10.1 Å². The summed E-state index contributed by atoms with van der Waals surface area (Å²) in [7, 11) is 0. The van der Waals surface area contributed by atoms with Crippen LogP contribution in [0.15, 0.2) is 0 Å². The van der Waals surface area contributed by atoms with Crippen LogP contribution < -0.4 is 5.32 Å². The number of nitrogens with zero attached hydrogens (tertiary/aromatic N) is 1. The molecule has 0 aromatic rings. The van der Waals surface area contributed by atoms with Crippen molar-refractivity contribution in [2.24, 2.45) is 11.8 Å². The molecule has 0 saturated carbocycles. The number of carbonyl (C=O) groups is 1. The van der Waals surface area contributed by atoms with Gasteiger partial charge in [-0.15, -0.1) is 0 Å². The van der Waals surface area contributed by atoms with E-state index >= 15 is 0 Å². The van der Waals surface area contributed by atoms with E-state index in [4.69, 9.17) is 0 Å². The Kier molecular flexibility index (Phi) is 6.31. The van der Waals surface area contributed by atoms with E-state index in [1.165, 1.54) is 12.8 Å². The van der Waals surface area contributed by atoms with Crippen molar-refractivity contribution in [2.75, 3.05) is 0 Å². The average molecular weight is 268 g/mol. The van der Waals surface area contributed by atoms with Gasteiger partial charge in [0, 0.05) is 6.04 Å². The maximum atomic E-state index is 12.3. The van der Waals surface area contributed by atoms with Gasteiger partial charge >= 0.3 is 0 Å². The summed E-state index contributed by atoms with van der Waals surface area (Å²) in [6.07, 6.45) is 4.86. The molecule has 112 valence electrons. The topological polar surface area (TPSA) is 32.3 Å². The first-order valence-electron chi connectivity index (χ1n) is 7.91. The molecule has 3 nitrogen and oxygen atoms in total. The molecule has 3 heteroatoms. The third-order valence-corrected chi connectivity index (χ3v) is 3.98. The predicted molar refractivity (Wildman–Crippen MR) is 80.8 cm³/mol. The van der Waals surface area contributed by atoms with Gasteiger partial charge < -0.3 is 4.90 Å². The Balaban J connectivity index is 2.57. The Labute approximate surface area is 119 Å². The lowest BCUT2D eigenvalue weighted by Crippen LogP contribution is -2.44. The van der Waals surface area contributed by atoms with Gasteiger partial charge in [-0.05, 0) is 38.5 Å². The van der Waals surface area contributed by atoms with Crippen LogP contribution in [-0.4, -0.2) is 29.1 Å². The molecule has 1 rings (SSSR count). The number of carbonyl (C=O) groups excluding carboxylic acids is 1. The van der Waals surface area contributed by atoms with E-state index in [1.54, 1.807) is 0 Å². The minimum atomic E-state index is -0.0173. The van der Waals surface area contributed by atoms with Crippen molar-refractivity contribution >= 4 is 5.91 Å². The molecular weight excluding hydrogens is 236 g/mol. The fourth-order valence-electron chi connectivity index (χ4n) is 2.93. The van der Waals surface area contributed by atoms with Crippen molar-refractivity contribution < 1.29 is 4.79 Å². The molecule has 1 fully saturated rings. The van der Waals surface area contributed by atoms with Crippen molar-refractivity contribution in [1.29, 1.82) is 0 Å². The van der Waals surface area contributed by atoms with Crippen LogP contribution in [0, 0.1) is 11.8 Å². The lowest BCUT2D eigenvalue weighted by atomic mass is 10.0. The zero-order valence-corrected chi connectivity index (χ0v) is 13.6. The number of hydrogen-bond donors (Lipinski definition) is 1. The van der Waals surface area contributed by atoms with Gasteiger partial charge in [0.1, 0.15) is 0 Å². The van der Waals surface area contributed by atoms with Crippen LogP contribution in [0.2, 0.25) is 0 Å². The van der Waals surface area contributed by atoms with Gasteiger partial charge in [0.25, 0.3) is 0 Å². The first-order valence-corrected chi connectivity index (χ1v) is 7.91. The van der Waals surface area contributed by atoms with Crippen LogP contribution in [0.1, 0.15) is 67.2 Å². The van der Waals surface area contributed by atoms with Crippen molar-refractivity contribution in [3.8, 4) is 0 Å². The maximum absolute atomic E-state index is 12.3. The third-order valence-electron chi connectivity index (χ3n) is 3.98. The minimum Gasteiger partial charge on any atom is -0.323 e. The highest BCUT2D eigenvalue weighted by molar-refractivity contribution is 5.84. The van der Waals surface area contributed by atoms with Crippen LogP contribution in [0.5, 0.6) is 0 Å². The largest absolute Gasteiger partial charge is 0.323 e. The van der Waals surface area contributed by atoms with Crippen LogP contribution in [-0.2, 0) is 4.79 Å². The minimum absolute atomic E-state index is 0.0173. The molecule has 1 heterocycles. The molecule has 0 aliphatic carbocycles. The fourth-order valence-corrected chi connectivity index (χ4v) is 2.93.